The van der Waals surface area contributed by atoms with Gasteiger partial charge in [-0.1, -0.05) is 42.4 Å². The third kappa shape index (κ3) is 5.60. The minimum atomic E-state index is -0.503. The van der Waals surface area contributed by atoms with Crippen molar-refractivity contribution in [2.24, 2.45) is 0 Å². The summed E-state index contributed by atoms with van der Waals surface area (Å²) >= 11 is 1.43. The highest BCUT2D eigenvalue weighted by molar-refractivity contribution is 7.98. The van der Waals surface area contributed by atoms with E-state index in [0.29, 0.717) is 28.2 Å². The third-order valence-electron chi connectivity index (χ3n) is 6.13. The molecule has 1 amide bonds. The van der Waals surface area contributed by atoms with Gasteiger partial charge in [0.15, 0.2) is 5.16 Å². The zero-order chi connectivity index (χ0) is 24.9. The Hall–Kier alpha value is -3.65. The molecule has 1 fully saturated rings. The quantitative estimate of drug-likeness (QED) is 0.212. The number of ether oxygens (including phenoxy) is 2. The fourth-order valence-corrected chi connectivity index (χ4v) is 4.74. The number of carbonyl (C=O) groups is 1. The molecule has 36 heavy (non-hydrogen) atoms. The van der Waals surface area contributed by atoms with E-state index in [1.54, 1.807) is 30.5 Å². The van der Waals surface area contributed by atoms with Crippen LogP contribution in [0.4, 0.5) is 10.1 Å². The summed E-state index contributed by atoms with van der Waals surface area (Å²) in [5, 5.41) is 5.13. The lowest BCUT2D eigenvalue weighted by molar-refractivity contribution is 0.102. The van der Waals surface area contributed by atoms with Crippen LogP contribution in [0.3, 0.4) is 0 Å². The Morgan fingerprint density at radius 1 is 1.03 bits per heavy atom. The molecule has 1 heterocycles. The largest absolute Gasteiger partial charge is 0.490 e. The van der Waals surface area contributed by atoms with E-state index in [2.05, 4.69) is 15.3 Å². The fourth-order valence-electron chi connectivity index (χ4n) is 4.39. The predicted molar refractivity (Wildman–Crippen MR) is 140 cm³/mol. The highest BCUT2D eigenvalue weighted by Crippen LogP contribution is 2.34. The maximum absolute atomic E-state index is 14.4. The number of nitrogens with one attached hydrogen (secondary N) is 1. The van der Waals surface area contributed by atoms with Crippen LogP contribution in [0.1, 0.15) is 42.5 Å². The normalized spacial score (nSPS) is 13.9. The van der Waals surface area contributed by atoms with Gasteiger partial charge in [-0.15, -0.1) is 0 Å². The molecule has 1 aromatic heterocycles. The Morgan fingerprint density at radius 2 is 1.83 bits per heavy atom. The lowest BCUT2D eigenvalue weighted by Crippen LogP contribution is -2.20. The number of amides is 1. The van der Waals surface area contributed by atoms with Gasteiger partial charge in [0.25, 0.3) is 5.91 Å². The number of fused-ring (bicyclic) bond motifs is 1. The molecular weight excluding hydrogens is 477 g/mol. The molecule has 3 aromatic carbocycles. The lowest BCUT2D eigenvalue weighted by atomic mass is 9.98. The number of carbonyl (C=O) groups excluding carboxylic acids is 1. The molecule has 0 radical (unpaired) electrons. The van der Waals surface area contributed by atoms with Gasteiger partial charge >= 0.3 is 0 Å². The fraction of sp³-hybridized carbons (Fsp3) is 0.250. The van der Waals surface area contributed by atoms with E-state index in [0.717, 1.165) is 36.5 Å². The Morgan fingerprint density at radius 3 is 2.64 bits per heavy atom. The second-order valence-corrected chi connectivity index (χ2v) is 9.42. The molecule has 4 aromatic rings. The van der Waals surface area contributed by atoms with Crippen LogP contribution in [0.15, 0.2) is 72.0 Å². The molecule has 0 atom stereocenters. The topological polar surface area (TPSA) is 73.3 Å². The van der Waals surface area contributed by atoms with Crippen LogP contribution in [0.5, 0.6) is 17.4 Å². The second-order valence-electron chi connectivity index (χ2n) is 8.65. The van der Waals surface area contributed by atoms with E-state index >= 15 is 0 Å². The van der Waals surface area contributed by atoms with Crippen LogP contribution >= 0.6 is 11.8 Å². The SMILES string of the molecule is CSc1nccc(Oc2ccc(NC(=O)c3cc(F)cc(OC4CCCCC4)c3)c3ccccc23)n1. The minimum Gasteiger partial charge on any atom is -0.490 e. The molecule has 0 unspecified atom stereocenters. The van der Waals surface area contributed by atoms with Gasteiger partial charge in [0, 0.05) is 40.4 Å². The first-order valence-electron chi connectivity index (χ1n) is 11.9. The van der Waals surface area contributed by atoms with E-state index in [1.165, 1.54) is 30.3 Å². The van der Waals surface area contributed by atoms with Crippen LogP contribution in [0.25, 0.3) is 10.8 Å². The molecule has 6 nitrogen and oxygen atoms in total. The number of thioether (sulfide) groups is 1. The van der Waals surface area contributed by atoms with E-state index in [9.17, 15) is 9.18 Å². The number of aromatic nitrogens is 2. The maximum atomic E-state index is 14.4. The van der Waals surface area contributed by atoms with Gasteiger partial charge in [0.1, 0.15) is 17.3 Å². The minimum absolute atomic E-state index is 0.0647. The van der Waals surface area contributed by atoms with Gasteiger partial charge in [-0.05, 0) is 56.2 Å². The highest BCUT2D eigenvalue weighted by Gasteiger charge is 2.18. The van der Waals surface area contributed by atoms with Crippen molar-refractivity contribution in [1.82, 2.24) is 9.97 Å². The Labute approximate surface area is 213 Å². The first-order valence-corrected chi connectivity index (χ1v) is 13.2. The summed E-state index contributed by atoms with van der Waals surface area (Å²) in [7, 11) is 0. The molecule has 1 N–H and O–H groups in total. The third-order valence-corrected chi connectivity index (χ3v) is 6.69. The summed E-state index contributed by atoms with van der Waals surface area (Å²) in [6, 6.07) is 17.0. The molecule has 0 bridgehead atoms. The molecule has 1 aliphatic carbocycles. The summed E-state index contributed by atoms with van der Waals surface area (Å²) in [4.78, 5) is 21.7. The number of hydrogen-bond acceptors (Lipinski definition) is 6. The van der Waals surface area contributed by atoms with Crippen molar-refractivity contribution >= 4 is 34.1 Å². The highest BCUT2D eigenvalue weighted by atomic mass is 32.2. The van der Waals surface area contributed by atoms with E-state index in [-0.39, 0.29) is 11.7 Å². The standard InChI is InChI=1S/C28H26FN3O3S/c1-36-28-30-14-13-26(32-28)35-25-12-11-24(22-9-5-6-10-23(22)25)31-27(33)18-15-19(29)17-21(16-18)34-20-7-3-2-4-8-20/h5-6,9-17,20H,2-4,7-8H2,1H3,(H,31,33). The van der Waals surface area contributed by atoms with E-state index in [1.807, 2.05) is 30.5 Å². The van der Waals surface area contributed by atoms with Gasteiger partial charge in [-0.25, -0.2) is 9.37 Å². The summed E-state index contributed by atoms with van der Waals surface area (Å²) in [6.45, 7) is 0. The molecule has 0 saturated heterocycles. The lowest BCUT2D eigenvalue weighted by Gasteiger charge is -2.23. The monoisotopic (exact) mass is 503 g/mol. The van der Waals surface area contributed by atoms with Gasteiger partial charge in [-0.2, -0.15) is 4.98 Å². The number of nitrogens with zero attached hydrogens (tertiary/aromatic N) is 2. The van der Waals surface area contributed by atoms with Crippen LogP contribution in [0.2, 0.25) is 0 Å². The molecule has 1 aliphatic rings. The molecule has 0 spiro atoms. The number of hydrogen-bond donors (Lipinski definition) is 1. The Bertz CT molecular complexity index is 1390. The molecule has 5 rings (SSSR count). The average Bonchev–Trinajstić information content (AvgIpc) is 2.90. The zero-order valence-electron chi connectivity index (χ0n) is 19.9. The van der Waals surface area contributed by atoms with Gasteiger partial charge in [0.05, 0.1) is 6.10 Å². The number of halogens is 1. The van der Waals surface area contributed by atoms with Crippen LogP contribution in [0, 0.1) is 5.82 Å². The number of rotatable bonds is 7. The predicted octanol–water partition coefficient (Wildman–Crippen LogP) is 7.25. The molecule has 184 valence electrons. The van der Waals surface area contributed by atoms with Crippen molar-refractivity contribution < 1.29 is 18.7 Å². The summed E-state index contributed by atoms with van der Waals surface area (Å²) in [5.74, 6) is 0.499. The summed E-state index contributed by atoms with van der Waals surface area (Å²) in [6.07, 6.45) is 8.93. The first-order chi connectivity index (χ1) is 17.6. The molecule has 0 aliphatic heterocycles. The smallest absolute Gasteiger partial charge is 0.255 e. The Balaban J connectivity index is 1.38. The first kappa shape index (κ1) is 24.1. The van der Waals surface area contributed by atoms with Crippen molar-refractivity contribution in [3.8, 4) is 17.4 Å². The Kier molecular flexibility index (Phi) is 7.32. The van der Waals surface area contributed by atoms with Gasteiger partial charge in [-0.3, -0.25) is 4.79 Å². The summed E-state index contributed by atoms with van der Waals surface area (Å²) < 4.78 is 26.4. The summed E-state index contributed by atoms with van der Waals surface area (Å²) in [5.41, 5.74) is 0.797. The van der Waals surface area contributed by atoms with E-state index in [4.69, 9.17) is 9.47 Å². The van der Waals surface area contributed by atoms with Crippen molar-refractivity contribution in [2.75, 3.05) is 11.6 Å². The van der Waals surface area contributed by atoms with Crippen molar-refractivity contribution in [3.05, 3.63) is 78.2 Å². The van der Waals surface area contributed by atoms with Crippen molar-refractivity contribution in [3.63, 3.8) is 0 Å². The van der Waals surface area contributed by atoms with Gasteiger partial charge in [0.2, 0.25) is 5.88 Å². The van der Waals surface area contributed by atoms with Gasteiger partial charge < -0.3 is 14.8 Å². The molecule has 1 saturated carbocycles. The van der Waals surface area contributed by atoms with E-state index < -0.39 is 11.7 Å². The van der Waals surface area contributed by atoms with Crippen LogP contribution < -0.4 is 14.8 Å². The van der Waals surface area contributed by atoms with Crippen LogP contribution in [-0.4, -0.2) is 28.2 Å². The zero-order valence-corrected chi connectivity index (χ0v) is 20.7. The number of anilines is 1. The molecular formula is C28H26FN3O3S. The maximum Gasteiger partial charge on any atom is 0.255 e. The van der Waals surface area contributed by atoms with Crippen molar-refractivity contribution in [2.45, 2.75) is 43.4 Å². The van der Waals surface area contributed by atoms with Crippen LogP contribution in [-0.2, 0) is 0 Å². The molecule has 8 heteroatoms. The van der Waals surface area contributed by atoms with Crippen molar-refractivity contribution in [1.29, 1.82) is 0 Å². The second kappa shape index (κ2) is 11.0. The number of benzene rings is 3. The average molecular weight is 504 g/mol.